The summed E-state index contributed by atoms with van der Waals surface area (Å²) in [5.74, 6) is 0.132. The van der Waals surface area contributed by atoms with Gasteiger partial charge in [0, 0.05) is 44.5 Å². The predicted octanol–water partition coefficient (Wildman–Crippen LogP) is 1.21. The number of rotatable bonds is 4. The van der Waals surface area contributed by atoms with Crippen molar-refractivity contribution in [3.8, 4) is 0 Å². The Bertz CT molecular complexity index is 616. The molecule has 1 saturated heterocycles. The summed E-state index contributed by atoms with van der Waals surface area (Å²) in [6.45, 7) is 2.32. The first kappa shape index (κ1) is 14.7. The Kier molecular flexibility index (Phi) is 4.48. The van der Waals surface area contributed by atoms with E-state index in [1.807, 2.05) is 48.5 Å². The van der Waals surface area contributed by atoms with Crippen molar-refractivity contribution in [3.05, 3.63) is 47.8 Å². The molecule has 0 aliphatic carbocycles. The van der Waals surface area contributed by atoms with Crippen LogP contribution in [-0.4, -0.2) is 44.9 Å². The molecule has 0 spiro atoms. The number of nitrogens with zero attached hydrogens (tertiary/aromatic N) is 4. The normalized spacial score (nSPS) is 16.0. The van der Waals surface area contributed by atoms with Gasteiger partial charge in [0.15, 0.2) is 0 Å². The van der Waals surface area contributed by atoms with Crippen LogP contribution >= 0.6 is 0 Å². The minimum absolute atomic E-state index is 0.132. The molecule has 6 heteroatoms. The molecule has 0 saturated carbocycles. The number of carbonyl (C=O) groups is 1. The molecular weight excluding hydrogens is 278 g/mol. The van der Waals surface area contributed by atoms with E-state index in [-0.39, 0.29) is 5.91 Å². The number of aryl methyl sites for hydroxylation is 1. The van der Waals surface area contributed by atoms with E-state index < -0.39 is 0 Å². The van der Waals surface area contributed by atoms with Crippen LogP contribution in [0.4, 0.5) is 0 Å². The van der Waals surface area contributed by atoms with Gasteiger partial charge in [0.1, 0.15) is 0 Å². The standard InChI is InChI=1S/C16H21N5O/c1-20-12-15(18-19-20)11-17-14-7-9-21(10-8-14)16(22)13-5-3-2-4-6-13/h2-6,12,14,17H,7-11H2,1H3. The second kappa shape index (κ2) is 6.70. The second-order valence-corrected chi connectivity index (χ2v) is 5.70. The Hall–Kier alpha value is -2.21. The van der Waals surface area contributed by atoms with Crippen molar-refractivity contribution in [1.82, 2.24) is 25.2 Å². The Balaban J connectivity index is 1.47. The largest absolute Gasteiger partial charge is 0.339 e. The molecule has 0 bridgehead atoms. The van der Waals surface area contributed by atoms with Gasteiger partial charge in [0.2, 0.25) is 0 Å². The average Bonchev–Trinajstić information content (AvgIpc) is 2.99. The summed E-state index contributed by atoms with van der Waals surface area (Å²) >= 11 is 0. The fourth-order valence-corrected chi connectivity index (χ4v) is 2.78. The number of nitrogens with one attached hydrogen (secondary N) is 1. The molecule has 0 unspecified atom stereocenters. The van der Waals surface area contributed by atoms with Gasteiger partial charge < -0.3 is 10.2 Å². The zero-order valence-electron chi connectivity index (χ0n) is 12.8. The number of hydrogen-bond acceptors (Lipinski definition) is 4. The van der Waals surface area contributed by atoms with Gasteiger partial charge in [0.25, 0.3) is 5.91 Å². The van der Waals surface area contributed by atoms with Crippen molar-refractivity contribution in [3.63, 3.8) is 0 Å². The summed E-state index contributed by atoms with van der Waals surface area (Å²) in [5.41, 5.74) is 1.72. The third-order valence-corrected chi connectivity index (χ3v) is 4.02. The topological polar surface area (TPSA) is 63.1 Å². The van der Waals surface area contributed by atoms with Gasteiger partial charge in [-0.05, 0) is 25.0 Å². The molecule has 1 aromatic carbocycles. The SMILES string of the molecule is Cn1cc(CNC2CCN(C(=O)c3ccccc3)CC2)nn1. The van der Waals surface area contributed by atoms with Crippen LogP contribution < -0.4 is 5.32 Å². The van der Waals surface area contributed by atoms with Gasteiger partial charge >= 0.3 is 0 Å². The summed E-state index contributed by atoms with van der Waals surface area (Å²) in [6, 6.07) is 9.92. The van der Waals surface area contributed by atoms with Crippen LogP contribution in [0.3, 0.4) is 0 Å². The lowest BCUT2D eigenvalue weighted by Gasteiger charge is -2.32. The molecule has 116 valence electrons. The molecule has 1 aliphatic rings. The zero-order valence-corrected chi connectivity index (χ0v) is 12.8. The first-order valence-electron chi connectivity index (χ1n) is 7.65. The third-order valence-electron chi connectivity index (χ3n) is 4.02. The molecule has 6 nitrogen and oxygen atoms in total. The fourth-order valence-electron chi connectivity index (χ4n) is 2.78. The number of piperidine rings is 1. The van der Waals surface area contributed by atoms with Crippen molar-refractivity contribution >= 4 is 5.91 Å². The highest BCUT2D eigenvalue weighted by Gasteiger charge is 2.23. The van der Waals surface area contributed by atoms with Crippen LogP contribution in [0, 0.1) is 0 Å². The highest BCUT2D eigenvalue weighted by molar-refractivity contribution is 5.94. The van der Waals surface area contributed by atoms with E-state index in [0.29, 0.717) is 6.04 Å². The van der Waals surface area contributed by atoms with Crippen molar-refractivity contribution < 1.29 is 4.79 Å². The number of benzene rings is 1. The Morgan fingerprint density at radius 1 is 1.27 bits per heavy atom. The number of carbonyl (C=O) groups excluding carboxylic acids is 1. The average molecular weight is 299 g/mol. The lowest BCUT2D eigenvalue weighted by molar-refractivity contribution is 0.0704. The van der Waals surface area contributed by atoms with E-state index in [2.05, 4.69) is 15.6 Å². The quantitative estimate of drug-likeness (QED) is 0.922. The van der Waals surface area contributed by atoms with Gasteiger partial charge in [0.05, 0.1) is 5.69 Å². The summed E-state index contributed by atoms with van der Waals surface area (Å²) < 4.78 is 1.71. The predicted molar refractivity (Wildman–Crippen MR) is 83.2 cm³/mol. The minimum Gasteiger partial charge on any atom is -0.339 e. The van der Waals surface area contributed by atoms with Crippen molar-refractivity contribution in [2.24, 2.45) is 7.05 Å². The molecule has 0 atom stereocenters. The van der Waals surface area contributed by atoms with Gasteiger partial charge in [-0.1, -0.05) is 23.4 Å². The molecule has 3 rings (SSSR count). The third kappa shape index (κ3) is 3.51. The molecule has 1 amide bonds. The van der Waals surface area contributed by atoms with Crippen molar-refractivity contribution in [2.75, 3.05) is 13.1 Å². The van der Waals surface area contributed by atoms with Gasteiger partial charge in [-0.3, -0.25) is 9.48 Å². The highest BCUT2D eigenvalue weighted by atomic mass is 16.2. The van der Waals surface area contributed by atoms with Gasteiger partial charge in [-0.2, -0.15) is 0 Å². The Labute approximate surface area is 130 Å². The maximum atomic E-state index is 12.4. The lowest BCUT2D eigenvalue weighted by Crippen LogP contribution is -2.44. The molecule has 2 aromatic rings. The summed E-state index contributed by atoms with van der Waals surface area (Å²) in [7, 11) is 1.87. The number of hydrogen-bond donors (Lipinski definition) is 1. The zero-order chi connectivity index (χ0) is 15.4. The van der Waals surface area contributed by atoms with Crippen LogP contribution in [0.15, 0.2) is 36.5 Å². The lowest BCUT2D eigenvalue weighted by atomic mass is 10.0. The van der Waals surface area contributed by atoms with Crippen LogP contribution in [-0.2, 0) is 13.6 Å². The van der Waals surface area contributed by atoms with Crippen LogP contribution in [0.5, 0.6) is 0 Å². The molecule has 1 N–H and O–H groups in total. The van der Waals surface area contributed by atoms with Crippen LogP contribution in [0.1, 0.15) is 28.9 Å². The summed E-state index contributed by atoms with van der Waals surface area (Å²) in [4.78, 5) is 14.3. The molecule has 1 aliphatic heterocycles. The number of aromatic nitrogens is 3. The van der Waals surface area contributed by atoms with Crippen LogP contribution in [0.25, 0.3) is 0 Å². The minimum atomic E-state index is 0.132. The molecule has 1 fully saturated rings. The fraction of sp³-hybridized carbons (Fsp3) is 0.438. The van der Waals surface area contributed by atoms with E-state index in [4.69, 9.17) is 0 Å². The van der Waals surface area contributed by atoms with E-state index in [1.54, 1.807) is 4.68 Å². The first-order valence-corrected chi connectivity index (χ1v) is 7.65. The molecule has 22 heavy (non-hydrogen) atoms. The molecule has 0 radical (unpaired) electrons. The second-order valence-electron chi connectivity index (χ2n) is 5.70. The Morgan fingerprint density at radius 2 is 2.00 bits per heavy atom. The molecular formula is C16H21N5O. The van der Waals surface area contributed by atoms with Crippen LogP contribution in [0.2, 0.25) is 0 Å². The summed E-state index contributed by atoms with van der Waals surface area (Å²) in [5, 5.41) is 11.5. The van der Waals surface area contributed by atoms with E-state index in [1.165, 1.54) is 0 Å². The molecule has 2 heterocycles. The first-order chi connectivity index (χ1) is 10.7. The highest BCUT2D eigenvalue weighted by Crippen LogP contribution is 2.14. The Morgan fingerprint density at radius 3 is 2.64 bits per heavy atom. The van der Waals surface area contributed by atoms with Gasteiger partial charge in [-0.15, -0.1) is 5.10 Å². The van der Waals surface area contributed by atoms with Crippen molar-refractivity contribution in [2.45, 2.75) is 25.4 Å². The molecule has 1 aromatic heterocycles. The van der Waals surface area contributed by atoms with E-state index >= 15 is 0 Å². The number of likely N-dealkylation sites (tertiary alicyclic amines) is 1. The summed E-state index contributed by atoms with van der Waals surface area (Å²) in [6.07, 6.45) is 3.86. The maximum Gasteiger partial charge on any atom is 0.253 e. The maximum absolute atomic E-state index is 12.4. The van der Waals surface area contributed by atoms with Crippen molar-refractivity contribution in [1.29, 1.82) is 0 Å². The van der Waals surface area contributed by atoms with E-state index in [0.717, 1.165) is 43.7 Å². The monoisotopic (exact) mass is 299 g/mol. The smallest absolute Gasteiger partial charge is 0.253 e. The van der Waals surface area contributed by atoms with Gasteiger partial charge in [-0.25, -0.2) is 0 Å². The van der Waals surface area contributed by atoms with E-state index in [9.17, 15) is 4.79 Å². The number of amides is 1.